The van der Waals surface area contributed by atoms with Gasteiger partial charge in [0.2, 0.25) is 0 Å². The van der Waals surface area contributed by atoms with Crippen molar-refractivity contribution in [2.45, 2.75) is 26.0 Å². The maximum atomic E-state index is 12.6. The average molecular weight is 338 g/mol. The number of hydrogen-bond donors (Lipinski definition) is 2. The number of aromatic hydroxyl groups is 1. The van der Waals surface area contributed by atoms with E-state index in [2.05, 4.69) is 29.1 Å². The lowest BCUT2D eigenvalue weighted by Crippen LogP contribution is -2.22. The molecule has 0 aliphatic rings. The molecule has 1 heterocycles. The Morgan fingerprint density at radius 2 is 1.96 bits per heavy atom. The summed E-state index contributed by atoms with van der Waals surface area (Å²) >= 11 is 0. The van der Waals surface area contributed by atoms with Crippen LogP contribution < -0.4 is 5.32 Å². The van der Waals surface area contributed by atoms with Crippen molar-refractivity contribution in [1.29, 1.82) is 0 Å². The van der Waals surface area contributed by atoms with Gasteiger partial charge in [0, 0.05) is 36.4 Å². The van der Waals surface area contributed by atoms with Crippen molar-refractivity contribution in [3.05, 3.63) is 60.3 Å². The van der Waals surface area contributed by atoms with Crippen LogP contribution in [0.3, 0.4) is 0 Å². The normalized spacial score (nSPS) is 12.2. The minimum Gasteiger partial charge on any atom is -0.508 e. The standard InChI is InChI=1S/C20H22N2O3/c1-3-11-22-12-10-15-13-16(6-9-18(15)22)21-20(24)19(25-2)14-4-7-17(23)8-5-14/h4-10,12-13,19,23H,3,11H2,1-2H3,(H,21,24)/t19-/m1/s1. The zero-order valence-corrected chi connectivity index (χ0v) is 14.4. The first kappa shape index (κ1) is 17.0. The summed E-state index contributed by atoms with van der Waals surface area (Å²) in [4.78, 5) is 12.6. The van der Waals surface area contributed by atoms with Crippen LogP contribution in [0.15, 0.2) is 54.7 Å². The van der Waals surface area contributed by atoms with E-state index in [-0.39, 0.29) is 11.7 Å². The molecule has 1 aromatic heterocycles. The molecule has 5 nitrogen and oxygen atoms in total. The van der Waals surface area contributed by atoms with E-state index < -0.39 is 6.10 Å². The van der Waals surface area contributed by atoms with Crippen LogP contribution in [0.5, 0.6) is 5.75 Å². The number of nitrogens with one attached hydrogen (secondary N) is 1. The molecule has 25 heavy (non-hydrogen) atoms. The van der Waals surface area contributed by atoms with Crippen LogP contribution in [0, 0.1) is 0 Å². The van der Waals surface area contributed by atoms with E-state index in [1.807, 2.05) is 18.2 Å². The van der Waals surface area contributed by atoms with Gasteiger partial charge in [-0.25, -0.2) is 0 Å². The number of nitrogens with zero attached hydrogens (tertiary/aromatic N) is 1. The number of methoxy groups -OCH3 is 1. The Hall–Kier alpha value is -2.79. The van der Waals surface area contributed by atoms with Gasteiger partial charge in [-0.2, -0.15) is 0 Å². The lowest BCUT2D eigenvalue weighted by molar-refractivity contribution is -0.126. The number of fused-ring (bicyclic) bond motifs is 1. The summed E-state index contributed by atoms with van der Waals surface area (Å²) in [5.74, 6) is -0.0958. The zero-order valence-electron chi connectivity index (χ0n) is 14.4. The Balaban J connectivity index is 1.79. The second-order valence-corrected chi connectivity index (χ2v) is 5.98. The van der Waals surface area contributed by atoms with Crippen LogP contribution in [-0.2, 0) is 16.1 Å². The van der Waals surface area contributed by atoms with Crippen molar-refractivity contribution in [3.8, 4) is 5.75 Å². The van der Waals surface area contributed by atoms with E-state index >= 15 is 0 Å². The van der Waals surface area contributed by atoms with Crippen molar-refractivity contribution in [2.24, 2.45) is 0 Å². The summed E-state index contributed by atoms with van der Waals surface area (Å²) in [7, 11) is 1.49. The van der Waals surface area contributed by atoms with Gasteiger partial charge in [-0.3, -0.25) is 4.79 Å². The monoisotopic (exact) mass is 338 g/mol. The number of amides is 1. The molecule has 0 saturated carbocycles. The summed E-state index contributed by atoms with van der Waals surface area (Å²) in [5, 5.41) is 13.4. The number of carbonyl (C=O) groups excluding carboxylic acids is 1. The van der Waals surface area contributed by atoms with Crippen molar-refractivity contribution in [2.75, 3.05) is 12.4 Å². The van der Waals surface area contributed by atoms with Gasteiger partial charge in [0.25, 0.3) is 5.91 Å². The molecule has 0 aliphatic carbocycles. The molecule has 0 spiro atoms. The molecular weight excluding hydrogens is 316 g/mol. The number of hydrogen-bond acceptors (Lipinski definition) is 3. The van der Waals surface area contributed by atoms with E-state index in [9.17, 15) is 9.90 Å². The van der Waals surface area contributed by atoms with Gasteiger partial charge in [0.1, 0.15) is 5.75 Å². The molecule has 0 unspecified atom stereocenters. The molecule has 1 atom stereocenters. The highest BCUT2D eigenvalue weighted by Gasteiger charge is 2.20. The van der Waals surface area contributed by atoms with E-state index in [0.717, 1.165) is 29.6 Å². The topological polar surface area (TPSA) is 63.5 Å². The first-order chi connectivity index (χ1) is 12.1. The van der Waals surface area contributed by atoms with E-state index in [0.29, 0.717) is 5.56 Å². The minimum absolute atomic E-state index is 0.154. The number of aromatic nitrogens is 1. The molecule has 0 radical (unpaired) electrons. The van der Waals surface area contributed by atoms with Gasteiger partial charge < -0.3 is 19.7 Å². The molecule has 5 heteroatoms. The lowest BCUT2D eigenvalue weighted by atomic mass is 10.1. The van der Waals surface area contributed by atoms with Crippen LogP contribution in [0.4, 0.5) is 5.69 Å². The molecule has 0 saturated heterocycles. The fraction of sp³-hybridized carbons (Fsp3) is 0.250. The van der Waals surface area contributed by atoms with Gasteiger partial charge in [-0.1, -0.05) is 19.1 Å². The number of ether oxygens (including phenoxy) is 1. The number of aryl methyl sites for hydroxylation is 1. The molecule has 0 fully saturated rings. The number of carbonyl (C=O) groups is 1. The highest BCUT2D eigenvalue weighted by Crippen LogP contribution is 2.24. The third kappa shape index (κ3) is 3.67. The Kier molecular flexibility index (Phi) is 5.05. The Morgan fingerprint density at radius 1 is 1.20 bits per heavy atom. The molecule has 1 amide bonds. The summed E-state index contributed by atoms with van der Waals surface area (Å²) in [5.41, 5.74) is 2.57. The lowest BCUT2D eigenvalue weighted by Gasteiger charge is -2.16. The van der Waals surface area contributed by atoms with Crippen molar-refractivity contribution < 1.29 is 14.6 Å². The number of benzene rings is 2. The van der Waals surface area contributed by atoms with Crippen molar-refractivity contribution in [3.63, 3.8) is 0 Å². The molecule has 2 N–H and O–H groups in total. The Morgan fingerprint density at radius 3 is 2.64 bits per heavy atom. The van der Waals surface area contributed by atoms with Crippen LogP contribution in [0.25, 0.3) is 10.9 Å². The fourth-order valence-electron chi connectivity index (χ4n) is 2.97. The maximum Gasteiger partial charge on any atom is 0.258 e. The minimum atomic E-state index is -0.735. The highest BCUT2D eigenvalue weighted by molar-refractivity contribution is 5.97. The van der Waals surface area contributed by atoms with Crippen LogP contribution >= 0.6 is 0 Å². The second-order valence-electron chi connectivity index (χ2n) is 5.98. The van der Waals surface area contributed by atoms with Gasteiger partial charge in [0.05, 0.1) is 0 Å². The third-order valence-electron chi connectivity index (χ3n) is 4.17. The largest absolute Gasteiger partial charge is 0.508 e. The van der Waals surface area contributed by atoms with Crippen LogP contribution in [0.2, 0.25) is 0 Å². The van der Waals surface area contributed by atoms with Crippen molar-refractivity contribution >= 4 is 22.5 Å². The Bertz CT molecular complexity index is 868. The van der Waals surface area contributed by atoms with Gasteiger partial charge in [-0.05, 0) is 48.4 Å². The number of rotatable bonds is 6. The van der Waals surface area contributed by atoms with E-state index in [4.69, 9.17) is 4.74 Å². The number of phenolic OH excluding ortho intramolecular Hbond substituents is 1. The summed E-state index contributed by atoms with van der Waals surface area (Å²) in [6, 6.07) is 14.4. The van der Waals surface area contributed by atoms with Gasteiger partial charge in [0.15, 0.2) is 6.10 Å². The number of phenols is 1. The maximum absolute atomic E-state index is 12.6. The molecule has 2 aromatic carbocycles. The predicted molar refractivity (Wildman–Crippen MR) is 98.7 cm³/mol. The summed E-state index contributed by atoms with van der Waals surface area (Å²) < 4.78 is 7.54. The van der Waals surface area contributed by atoms with E-state index in [1.54, 1.807) is 12.1 Å². The van der Waals surface area contributed by atoms with Crippen LogP contribution in [0.1, 0.15) is 25.0 Å². The fourth-order valence-corrected chi connectivity index (χ4v) is 2.97. The van der Waals surface area contributed by atoms with E-state index in [1.165, 1.54) is 19.2 Å². The quantitative estimate of drug-likeness (QED) is 0.712. The molecule has 3 rings (SSSR count). The average Bonchev–Trinajstić information content (AvgIpc) is 3.00. The molecule has 0 aliphatic heterocycles. The molecule has 130 valence electrons. The van der Waals surface area contributed by atoms with Gasteiger partial charge in [-0.15, -0.1) is 0 Å². The third-order valence-corrected chi connectivity index (χ3v) is 4.17. The SMILES string of the molecule is CCCn1ccc2cc(NC(=O)[C@H](OC)c3ccc(O)cc3)ccc21. The van der Waals surface area contributed by atoms with Gasteiger partial charge >= 0.3 is 0 Å². The van der Waals surface area contributed by atoms with Crippen molar-refractivity contribution in [1.82, 2.24) is 4.57 Å². The molecule has 0 bridgehead atoms. The smallest absolute Gasteiger partial charge is 0.258 e. The summed E-state index contributed by atoms with van der Waals surface area (Å²) in [6.07, 6.45) is 2.40. The predicted octanol–water partition coefficient (Wildman–Crippen LogP) is 4.08. The second kappa shape index (κ2) is 7.40. The first-order valence-electron chi connectivity index (χ1n) is 8.34. The van der Waals surface area contributed by atoms with Crippen LogP contribution in [-0.4, -0.2) is 22.7 Å². The molecule has 3 aromatic rings. The first-order valence-corrected chi connectivity index (χ1v) is 8.34. The summed E-state index contributed by atoms with van der Waals surface area (Å²) in [6.45, 7) is 3.12. The highest BCUT2D eigenvalue weighted by atomic mass is 16.5. The Labute approximate surface area is 146 Å². The zero-order chi connectivity index (χ0) is 17.8. The number of anilines is 1. The molecular formula is C20H22N2O3.